The number of hydrogen-bond acceptors (Lipinski definition) is 0. The molecule has 0 aromatic heterocycles. The summed E-state index contributed by atoms with van der Waals surface area (Å²) < 4.78 is 0. The lowest BCUT2D eigenvalue weighted by molar-refractivity contribution is 0.518. The van der Waals surface area contributed by atoms with Crippen molar-refractivity contribution in [1.82, 2.24) is 0 Å². The molecule has 5 aliphatic carbocycles. The molecule has 0 saturated heterocycles. The Labute approximate surface area is 405 Å². The Hall–Kier alpha value is -7.80. The first-order chi connectivity index (χ1) is 33.8. The molecule has 0 amide bonds. The Kier molecular flexibility index (Phi) is 8.03. The zero-order chi connectivity index (χ0) is 45.9. The number of rotatable bonds is 4. The van der Waals surface area contributed by atoms with E-state index in [0.717, 1.165) is 0 Å². The fourth-order valence-corrected chi connectivity index (χ4v) is 14.2. The third-order valence-corrected chi connectivity index (χ3v) is 17.7. The number of hydrogen-bond donors (Lipinski definition) is 0. The lowest BCUT2D eigenvalue weighted by Gasteiger charge is -2.36. The van der Waals surface area contributed by atoms with E-state index in [0.29, 0.717) is 17.8 Å². The maximum atomic E-state index is 2.55. The molecule has 326 valence electrons. The molecule has 0 heteroatoms. The summed E-state index contributed by atoms with van der Waals surface area (Å²) in [6, 6.07) is 79.7. The Morgan fingerprint density at radius 3 is 1.00 bits per heavy atom. The summed E-state index contributed by atoms with van der Waals surface area (Å²) in [5.41, 5.74) is 35.3. The highest BCUT2D eigenvalue weighted by Gasteiger charge is 2.50. The maximum Gasteiger partial charge on any atom is 0.0296 e. The highest BCUT2D eigenvalue weighted by Crippen LogP contribution is 2.63. The van der Waals surface area contributed by atoms with Gasteiger partial charge in [-0.05, 0) is 181 Å². The van der Waals surface area contributed by atoms with Crippen molar-refractivity contribution in [3.8, 4) is 89.0 Å². The van der Waals surface area contributed by atoms with Crippen LogP contribution in [-0.2, 0) is 5.41 Å². The molecule has 5 aliphatic rings. The molecule has 0 radical (unpaired) electrons. The van der Waals surface area contributed by atoms with E-state index in [1.54, 1.807) is 0 Å². The van der Waals surface area contributed by atoms with Crippen molar-refractivity contribution in [2.24, 2.45) is 0 Å². The summed E-state index contributed by atoms with van der Waals surface area (Å²) in [5.74, 6) is 1.21. The second-order valence-electron chi connectivity index (χ2n) is 20.9. The highest BCUT2D eigenvalue weighted by molar-refractivity contribution is 5.92. The molecule has 5 atom stereocenters. The van der Waals surface area contributed by atoms with Gasteiger partial charge in [0.1, 0.15) is 0 Å². The van der Waals surface area contributed by atoms with Crippen molar-refractivity contribution in [1.29, 1.82) is 0 Å². The summed E-state index contributed by atoms with van der Waals surface area (Å²) in [4.78, 5) is 0. The van der Waals surface area contributed by atoms with E-state index in [9.17, 15) is 0 Å². The van der Waals surface area contributed by atoms with Gasteiger partial charge in [-0.2, -0.15) is 0 Å². The minimum absolute atomic E-state index is 0.131. The predicted molar refractivity (Wildman–Crippen MR) is 287 cm³/mol. The molecule has 0 aliphatic heterocycles. The fraction of sp³-hybridized carbons (Fsp3) is 0.130. The molecule has 0 heterocycles. The van der Waals surface area contributed by atoms with Crippen LogP contribution in [0.25, 0.3) is 89.0 Å². The molecule has 69 heavy (non-hydrogen) atoms. The molecular weight excluding hydrogens is 829 g/mol. The lowest BCUT2D eigenvalue weighted by Crippen LogP contribution is -2.29. The molecule has 5 unspecified atom stereocenters. The van der Waals surface area contributed by atoms with Crippen LogP contribution < -0.4 is 0 Å². The monoisotopic (exact) mass is 878 g/mol. The largest absolute Gasteiger partial charge is 0.0619 e. The van der Waals surface area contributed by atoms with Crippen molar-refractivity contribution in [3.05, 3.63) is 262 Å². The van der Waals surface area contributed by atoms with Crippen LogP contribution in [0.3, 0.4) is 0 Å². The predicted octanol–water partition coefficient (Wildman–Crippen LogP) is 18.2. The summed E-state index contributed by atoms with van der Waals surface area (Å²) in [7, 11) is 0. The molecule has 0 saturated carbocycles. The van der Waals surface area contributed by atoms with Crippen molar-refractivity contribution < 1.29 is 0 Å². The van der Waals surface area contributed by atoms with Crippen molar-refractivity contribution >= 4 is 0 Å². The zero-order valence-electron chi connectivity index (χ0n) is 39.4. The first-order valence-electron chi connectivity index (χ1n) is 25.1. The van der Waals surface area contributed by atoms with E-state index in [1.165, 1.54) is 145 Å². The number of fused-ring (bicyclic) bond motifs is 15. The molecule has 10 aromatic rings. The van der Waals surface area contributed by atoms with Crippen LogP contribution in [0.5, 0.6) is 0 Å². The Balaban J connectivity index is 0.809. The average molecular weight is 879 g/mol. The summed E-state index contributed by atoms with van der Waals surface area (Å²) in [5, 5.41) is 0. The van der Waals surface area contributed by atoms with Crippen LogP contribution >= 0.6 is 0 Å². The third-order valence-electron chi connectivity index (χ3n) is 17.7. The highest BCUT2D eigenvalue weighted by atomic mass is 14.5. The zero-order valence-corrected chi connectivity index (χ0v) is 39.4. The molecule has 0 spiro atoms. The third kappa shape index (κ3) is 5.30. The first-order valence-corrected chi connectivity index (χ1v) is 25.1. The van der Waals surface area contributed by atoms with Gasteiger partial charge in [0, 0.05) is 29.1 Å². The van der Waals surface area contributed by atoms with Gasteiger partial charge in [0.05, 0.1) is 0 Å². The minimum atomic E-state index is -0.315. The lowest BCUT2D eigenvalue weighted by atomic mass is 9.66. The van der Waals surface area contributed by atoms with Gasteiger partial charge in [0.2, 0.25) is 0 Å². The van der Waals surface area contributed by atoms with E-state index in [-0.39, 0.29) is 11.3 Å². The normalized spacial score (nSPS) is 19.9. The van der Waals surface area contributed by atoms with Gasteiger partial charge in [0.15, 0.2) is 0 Å². The topological polar surface area (TPSA) is 0 Å². The van der Waals surface area contributed by atoms with Gasteiger partial charge >= 0.3 is 0 Å². The Morgan fingerprint density at radius 1 is 0.246 bits per heavy atom. The Bertz CT molecular complexity index is 3880. The quantitative estimate of drug-likeness (QED) is 0.165. The minimum Gasteiger partial charge on any atom is -0.0619 e. The number of benzene rings is 10. The molecule has 10 aromatic carbocycles. The van der Waals surface area contributed by atoms with Crippen LogP contribution in [0, 0.1) is 0 Å². The van der Waals surface area contributed by atoms with Gasteiger partial charge < -0.3 is 0 Å². The van der Waals surface area contributed by atoms with E-state index >= 15 is 0 Å². The van der Waals surface area contributed by atoms with E-state index in [2.05, 4.69) is 234 Å². The Morgan fingerprint density at radius 2 is 0.536 bits per heavy atom. The molecular formula is C69H50. The molecule has 0 N–H and O–H groups in total. The van der Waals surface area contributed by atoms with Crippen LogP contribution in [0.1, 0.15) is 107 Å². The van der Waals surface area contributed by atoms with Crippen LogP contribution in [0.4, 0.5) is 0 Å². The van der Waals surface area contributed by atoms with Gasteiger partial charge in [-0.15, -0.1) is 0 Å². The van der Waals surface area contributed by atoms with Crippen molar-refractivity contribution in [2.45, 2.75) is 56.8 Å². The molecule has 0 bridgehead atoms. The van der Waals surface area contributed by atoms with Gasteiger partial charge in [-0.1, -0.05) is 198 Å². The van der Waals surface area contributed by atoms with Gasteiger partial charge in [0.25, 0.3) is 0 Å². The summed E-state index contributed by atoms with van der Waals surface area (Å²) in [6.45, 7) is 9.66. The maximum absolute atomic E-state index is 2.55. The van der Waals surface area contributed by atoms with Crippen LogP contribution in [-0.4, -0.2) is 0 Å². The smallest absolute Gasteiger partial charge is 0.0296 e. The van der Waals surface area contributed by atoms with Gasteiger partial charge in [-0.3, -0.25) is 0 Å². The van der Waals surface area contributed by atoms with E-state index in [1.807, 2.05) is 0 Å². The van der Waals surface area contributed by atoms with Crippen LogP contribution in [0.2, 0.25) is 0 Å². The van der Waals surface area contributed by atoms with Crippen LogP contribution in [0.15, 0.2) is 206 Å². The average Bonchev–Trinajstić information content (AvgIpc) is 4.14. The van der Waals surface area contributed by atoms with E-state index < -0.39 is 0 Å². The standard InChI is InChI=1S/C69H50/c1-39-48-13-5-7-15-50(48)53-27-21-42(33-61(39)53)43-23-29-55-56-30-24-45(36-64(56)41(3)63(55)35-43)47-26-32-59-58-18-11-12-20-66(58)69(4,67(59)38-47)68-60-19-10-9-17-52(60)57-31-25-46(37-65(57)68)44-22-28-54-51-16-8-6-14-49(51)40(2)62(54)34-44/h5-41,68H,1-4H3. The second-order valence-corrected chi connectivity index (χ2v) is 20.9. The molecule has 0 nitrogen and oxygen atoms in total. The molecule has 15 rings (SSSR count). The second kappa shape index (κ2) is 14.1. The first kappa shape index (κ1) is 39.2. The molecule has 0 fully saturated rings. The summed E-state index contributed by atoms with van der Waals surface area (Å²) >= 11 is 0. The van der Waals surface area contributed by atoms with Crippen molar-refractivity contribution in [3.63, 3.8) is 0 Å². The van der Waals surface area contributed by atoms with Crippen molar-refractivity contribution in [2.75, 3.05) is 0 Å². The van der Waals surface area contributed by atoms with E-state index in [4.69, 9.17) is 0 Å². The fourth-order valence-electron chi connectivity index (χ4n) is 14.2. The summed E-state index contributed by atoms with van der Waals surface area (Å²) in [6.07, 6.45) is 0. The van der Waals surface area contributed by atoms with Gasteiger partial charge in [-0.25, -0.2) is 0 Å². The SMILES string of the molecule is CC1c2ccccc2-c2ccc(-c3ccc4c(c3)C(C)c3cc(-c5ccc6c(c5)C(C)(C5c7ccccc7-c7ccc(-c8ccc9c(c8)C(C)c8ccccc8-9)cc75)c5ccccc5-6)ccc3-4)cc21.